The summed E-state index contributed by atoms with van der Waals surface area (Å²) in [5.41, 5.74) is 1.66. The lowest BCUT2D eigenvalue weighted by Gasteiger charge is -2.50. The first-order valence-electron chi connectivity index (χ1n) is 11.3. The number of methoxy groups -OCH3 is 1. The number of carbonyl (C=O) groups is 1. The van der Waals surface area contributed by atoms with Crippen LogP contribution >= 0.6 is 0 Å². The van der Waals surface area contributed by atoms with Crippen LogP contribution in [-0.4, -0.2) is 45.2 Å². The number of nitrogens with one attached hydrogen (secondary N) is 1. The number of hydrogen-bond donors (Lipinski definition) is 1. The molecule has 1 saturated heterocycles. The van der Waals surface area contributed by atoms with Crippen LogP contribution in [0.25, 0.3) is 0 Å². The molecule has 1 N–H and O–H groups in total. The van der Waals surface area contributed by atoms with Gasteiger partial charge in [-0.05, 0) is 48.2 Å². The van der Waals surface area contributed by atoms with E-state index >= 15 is 0 Å². The first kappa shape index (κ1) is 23.3. The average Bonchev–Trinajstić information content (AvgIpc) is 2.80. The Kier molecular flexibility index (Phi) is 6.45. The van der Waals surface area contributed by atoms with Crippen molar-refractivity contribution in [3.63, 3.8) is 0 Å². The van der Waals surface area contributed by atoms with Crippen LogP contribution < -0.4 is 19.9 Å². The van der Waals surface area contributed by atoms with E-state index in [0.29, 0.717) is 31.7 Å². The van der Waals surface area contributed by atoms with Crippen LogP contribution in [0.2, 0.25) is 0 Å². The first-order chi connectivity index (χ1) is 15.7. The van der Waals surface area contributed by atoms with Gasteiger partial charge in [0.1, 0.15) is 5.75 Å². The van der Waals surface area contributed by atoms with Gasteiger partial charge in [0.15, 0.2) is 0 Å². The molecule has 0 aromatic heterocycles. The first-order valence-corrected chi connectivity index (χ1v) is 11.3. The third-order valence-electron chi connectivity index (χ3n) is 6.49. The number of para-hydroxylation sites is 2. The zero-order valence-electron chi connectivity index (χ0n) is 19.2. The monoisotopic (exact) mass is 461 g/mol. The molecule has 33 heavy (non-hydrogen) atoms. The maximum Gasteiger partial charge on any atom is 0.416 e. The van der Waals surface area contributed by atoms with Crippen molar-refractivity contribution < 1.29 is 22.7 Å². The number of piperazine rings is 1. The Balaban J connectivity index is 1.68. The number of anilines is 2. The highest BCUT2D eigenvalue weighted by molar-refractivity contribution is 5.82. The number of fused-ring (bicyclic) bond motifs is 3. The number of amides is 1. The summed E-state index contributed by atoms with van der Waals surface area (Å²) < 4.78 is 45.6. The van der Waals surface area contributed by atoms with E-state index in [-0.39, 0.29) is 24.3 Å². The van der Waals surface area contributed by atoms with Crippen molar-refractivity contribution >= 4 is 17.3 Å². The summed E-state index contributed by atoms with van der Waals surface area (Å²) in [6.07, 6.45) is -4.13. The van der Waals surface area contributed by atoms with Gasteiger partial charge in [-0.1, -0.05) is 26.0 Å². The van der Waals surface area contributed by atoms with E-state index in [1.807, 2.05) is 38.1 Å². The molecule has 0 spiro atoms. The molecule has 2 atom stereocenters. The normalized spacial score (nSPS) is 20.3. The predicted octanol–water partition coefficient (Wildman–Crippen LogP) is 4.35. The Hall–Kier alpha value is -2.90. The molecule has 178 valence electrons. The maximum absolute atomic E-state index is 13.4. The molecule has 2 aromatic carbocycles. The molecule has 0 unspecified atom stereocenters. The number of benzene rings is 2. The van der Waals surface area contributed by atoms with E-state index in [9.17, 15) is 18.0 Å². The molecule has 0 radical (unpaired) electrons. The Morgan fingerprint density at radius 3 is 2.61 bits per heavy atom. The lowest BCUT2D eigenvalue weighted by Crippen LogP contribution is -2.61. The summed E-state index contributed by atoms with van der Waals surface area (Å²) in [7, 11) is 1.63. The quantitative estimate of drug-likeness (QED) is 0.719. The molecule has 2 heterocycles. The van der Waals surface area contributed by atoms with Crippen molar-refractivity contribution in [2.45, 2.75) is 32.5 Å². The van der Waals surface area contributed by atoms with E-state index in [1.54, 1.807) is 13.2 Å². The molecule has 0 bridgehead atoms. The van der Waals surface area contributed by atoms with Gasteiger partial charge in [0.05, 0.1) is 30.3 Å². The van der Waals surface area contributed by atoms with Crippen LogP contribution in [0.5, 0.6) is 5.75 Å². The number of alkyl halides is 3. The molecular weight excluding hydrogens is 431 g/mol. The zero-order chi connectivity index (χ0) is 23.8. The van der Waals surface area contributed by atoms with Crippen molar-refractivity contribution in [3.05, 3.63) is 53.6 Å². The lowest BCUT2D eigenvalue weighted by atomic mass is 9.82. The molecule has 2 aromatic rings. The number of hydrogen-bond acceptors (Lipinski definition) is 4. The fourth-order valence-electron chi connectivity index (χ4n) is 4.85. The zero-order valence-corrected chi connectivity index (χ0v) is 19.2. The molecule has 0 saturated carbocycles. The van der Waals surface area contributed by atoms with Gasteiger partial charge in [-0.3, -0.25) is 4.79 Å². The second-order valence-corrected chi connectivity index (χ2v) is 9.17. The third-order valence-corrected chi connectivity index (χ3v) is 6.49. The highest BCUT2D eigenvalue weighted by Crippen LogP contribution is 2.41. The molecule has 1 amide bonds. The topological polar surface area (TPSA) is 44.8 Å². The molecule has 1 fully saturated rings. The highest BCUT2D eigenvalue weighted by atomic mass is 19.4. The van der Waals surface area contributed by atoms with Crippen LogP contribution in [0.3, 0.4) is 0 Å². The van der Waals surface area contributed by atoms with Crippen LogP contribution in [-0.2, 0) is 17.4 Å². The minimum Gasteiger partial charge on any atom is -0.495 e. The summed E-state index contributed by atoms with van der Waals surface area (Å²) in [6.45, 7) is 6.44. The highest BCUT2D eigenvalue weighted by Gasteiger charge is 2.43. The standard InChI is InChI=1S/C25H30F3N3O2/c1-16(2)14-29-24(32)19-13-17-12-18(25(26,27)28)8-9-20(17)31-11-10-30(15-22(19)31)21-6-4-5-7-23(21)33-3/h4-9,12,16,19,22H,10-11,13-15H2,1-3H3,(H,29,32)/t19-,22-/m1/s1. The summed E-state index contributed by atoms with van der Waals surface area (Å²) in [6, 6.07) is 11.5. The maximum atomic E-state index is 13.4. The van der Waals surface area contributed by atoms with E-state index in [2.05, 4.69) is 15.1 Å². The molecule has 4 rings (SSSR count). The van der Waals surface area contributed by atoms with Gasteiger partial charge in [-0.2, -0.15) is 13.2 Å². The Morgan fingerprint density at radius 1 is 1.15 bits per heavy atom. The van der Waals surface area contributed by atoms with Crippen LogP contribution in [0.15, 0.2) is 42.5 Å². The second kappa shape index (κ2) is 9.15. The molecule has 0 aliphatic carbocycles. The van der Waals surface area contributed by atoms with Crippen LogP contribution in [0.4, 0.5) is 24.5 Å². The summed E-state index contributed by atoms with van der Waals surface area (Å²) in [4.78, 5) is 17.5. The Labute approximate surface area is 192 Å². The number of halogens is 3. The van der Waals surface area contributed by atoms with Gasteiger partial charge in [-0.25, -0.2) is 0 Å². The molecule has 5 nitrogen and oxygen atoms in total. The Morgan fingerprint density at radius 2 is 1.91 bits per heavy atom. The van der Waals surface area contributed by atoms with Gasteiger partial charge in [0, 0.05) is 31.9 Å². The van der Waals surface area contributed by atoms with E-state index in [4.69, 9.17) is 4.74 Å². The van der Waals surface area contributed by atoms with Gasteiger partial charge in [0.2, 0.25) is 5.91 Å². The van der Waals surface area contributed by atoms with Crippen LogP contribution in [0.1, 0.15) is 25.0 Å². The largest absolute Gasteiger partial charge is 0.495 e. The smallest absolute Gasteiger partial charge is 0.416 e. The molecular formula is C25H30F3N3O2. The van der Waals surface area contributed by atoms with Crippen molar-refractivity contribution in [3.8, 4) is 5.75 Å². The number of ether oxygens (including phenoxy) is 1. The predicted molar refractivity (Wildman–Crippen MR) is 123 cm³/mol. The lowest BCUT2D eigenvalue weighted by molar-refractivity contribution is -0.137. The van der Waals surface area contributed by atoms with Crippen LogP contribution in [0, 0.1) is 11.8 Å². The van der Waals surface area contributed by atoms with E-state index in [0.717, 1.165) is 23.2 Å². The van der Waals surface area contributed by atoms with Crippen molar-refractivity contribution in [1.29, 1.82) is 0 Å². The fraction of sp³-hybridized carbons (Fsp3) is 0.480. The third kappa shape index (κ3) is 4.75. The van der Waals surface area contributed by atoms with Gasteiger partial charge < -0.3 is 19.9 Å². The van der Waals surface area contributed by atoms with E-state index in [1.165, 1.54) is 6.07 Å². The molecule has 2 aliphatic heterocycles. The summed E-state index contributed by atoms with van der Waals surface area (Å²) in [5.74, 6) is 0.493. The Bertz CT molecular complexity index is 1010. The molecule has 8 heteroatoms. The van der Waals surface area contributed by atoms with Gasteiger partial charge >= 0.3 is 6.18 Å². The van der Waals surface area contributed by atoms with Crippen molar-refractivity contribution in [2.75, 3.05) is 43.1 Å². The number of carbonyl (C=O) groups excluding carboxylic acids is 1. The van der Waals surface area contributed by atoms with E-state index < -0.39 is 17.7 Å². The second-order valence-electron chi connectivity index (χ2n) is 9.17. The summed E-state index contributed by atoms with van der Waals surface area (Å²) >= 11 is 0. The molecule has 2 aliphatic rings. The van der Waals surface area contributed by atoms with Crippen molar-refractivity contribution in [1.82, 2.24) is 5.32 Å². The fourth-order valence-corrected chi connectivity index (χ4v) is 4.85. The number of rotatable bonds is 5. The van der Waals surface area contributed by atoms with Crippen molar-refractivity contribution in [2.24, 2.45) is 11.8 Å². The number of nitrogens with zero attached hydrogens (tertiary/aromatic N) is 2. The minimum atomic E-state index is -4.41. The SMILES string of the molecule is COc1ccccc1N1CCN2c3ccc(C(F)(F)F)cc3C[C@@H](C(=O)NCC(C)C)[C@H]2C1. The summed E-state index contributed by atoms with van der Waals surface area (Å²) in [5, 5.41) is 3.01. The van der Waals surface area contributed by atoms with Gasteiger partial charge in [-0.15, -0.1) is 0 Å². The minimum absolute atomic E-state index is 0.108. The van der Waals surface area contributed by atoms with Gasteiger partial charge in [0.25, 0.3) is 0 Å². The average molecular weight is 462 g/mol.